The molecule has 2 aromatic rings. The van der Waals surface area contributed by atoms with E-state index in [9.17, 15) is 5.11 Å². The highest BCUT2D eigenvalue weighted by Gasteiger charge is 2.23. The maximum absolute atomic E-state index is 10.6. The number of likely N-dealkylation sites (N-methyl/N-ethyl adjacent to an activating group) is 1. The van der Waals surface area contributed by atoms with Crippen LogP contribution in [-0.4, -0.2) is 61.3 Å². The Labute approximate surface area is 197 Å². The lowest BCUT2D eigenvalue weighted by Crippen LogP contribution is -2.47. The zero-order valence-corrected chi connectivity index (χ0v) is 20.6. The monoisotopic (exact) mass is 526 g/mol. The van der Waals surface area contributed by atoms with Crippen molar-refractivity contribution in [1.82, 2.24) is 15.5 Å². The molecule has 7 heteroatoms. The fourth-order valence-corrected chi connectivity index (χ4v) is 3.91. The molecule has 0 aliphatic heterocycles. The minimum atomic E-state index is -0.877. The number of nitrogens with zero attached hydrogens (tertiary/aromatic N) is 2. The zero-order valence-electron chi connectivity index (χ0n) is 18.2. The first-order valence-electron chi connectivity index (χ1n) is 10.4. The first-order valence-corrected chi connectivity index (χ1v) is 10.4. The molecular formula is C23H35IN4O2. The molecular weight excluding hydrogens is 491 g/mol. The van der Waals surface area contributed by atoms with Crippen molar-refractivity contribution in [3.8, 4) is 0 Å². The summed E-state index contributed by atoms with van der Waals surface area (Å²) in [5, 5.41) is 17.6. The number of aryl methyl sites for hydroxylation is 1. The van der Waals surface area contributed by atoms with Gasteiger partial charge in [0, 0.05) is 25.6 Å². The van der Waals surface area contributed by atoms with E-state index in [-0.39, 0.29) is 24.0 Å². The summed E-state index contributed by atoms with van der Waals surface area (Å²) in [6, 6.07) is 12.9. The zero-order chi connectivity index (χ0) is 20.7. The van der Waals surface area contributed by atoms with E-state index in [1.807, 2.05) is 38.1 Å². The molecule has 1 aliphatic carbocycles. The van der Waals surface area contributed by atoms with Crippen molar-refractivity contribution in [2.24, 2.45) is 4.99 Å². The highest BCUT2D eigenvalue weighted by atomic mass is 127. The van der Waals surface area contributed by atoms with E-state index in [0.29, 0.717) is 19.1 Å². The standard InChI is InChI=1S/C23H34N4O2.HI/c1-23(28,17-27(2)3)16-25-22(24-13-12-21-9-6-14-29-21)26-20-11-10-18-7-4-5-8-19(18)15-20;/h4-9,14,20,28H,10-13,15-17H2,1-3H3,(H2,24,25,26);1H. The predicted molar refractivity (Wildman–Crippen MR) is 133 cm³/mol. The summed E-state index contributed by atoms with van der Waals surface area (Å²) in [6.45, 7) is 3.45. The molecule has 2 unspecified atom stereocenters. The number of guanidine groups is 1. The number of fused-ring (bicyclic) bond motifs is 1. The number of nitrogens with one attached hydrogen (secondary N) is 2. The second-order valence-corrected chi connectivity index (χ2v) is 8.51. The molecule has 0 saturated carbocycles. The molecule has 1 aliphatic rings. The quantitative estimate of drug-likeness (QED) is 0.281. The molecule has 3 N–H and O–H groups in total. The van der Waals surface area contributed by atoms with Gasteiger partial charge in [-0.3, -0.25) is 4.99 Å². The summed E-state index contributed by atoms with van der Waals surface area (Å²) in [4.78, 5) is 6.68. The highest BCUT2D eigenvalue weighted by Crippen LogP contribution is 2.21. The maximum Gasteiger partial charge on any atom is 0.191 e. The van der Waals surface area contributed by atoms with Gasteiger partial charge in [-0.2, -0.15) is 0 Å². The predicted octanol–water partition coefficient (Wildman–Crippen LogP) is 2.85. The van der Waals surface area contributed by atoms with Crippen LogP contribution in [0.1, 0.15) is 30.2 Å². The summed E-state index contributed by atoms with van der Waals surface area (Å²) in [7, 11) is 3.91. The van der Waals surface area contributed by atoms with E-state index in [2.05, 4.69) is 34.9 Å². The Balaban J connectivity index is 0.00000320. The summed E-state index contributed by atoms with van der Waals surface area (Å²) < 4.78 is 5.42. The third kappa shape index (κ3) is 7.92. The summed E-state index contributed by atoms with van der Waals surface area (Å²) in [6.07, 6.45) is 5.62. The van der Waals surface area contributed by atoms with E-state index in [0.717, 1.165) is 43.9 Å². The van der Waals surface area contributed by atoms with Crippen LogP contribution in [0.2, 0.25) is 0 Å². The second kappa shape index (κ2) is 11.7. The molecule has 0 radical (unpaired) electrons. The normalized spacial score (nSPS) is 18.3. The van der Waals surface area contributed by atoms with Crippen LogP contribution >= 0.6 is 24.0 Å². The number of rotatable bonds is 8. The lowest BCUT2D eigenvalue weighted by molar-refractivity contribution is 0.0423. The Morgan fingerprint density at radius 2 is 2.00 bits per heavy atom. The van der Waals surface area contributed by atoms with Crippen molar-refractivity contribution in [2.45, 2.75) is 44.2 Å². The summed E-state index contributed by atoms with van der Waals surface area (Å²) in [5.41, 5.74) is 1.98. The van der Waals surface area contributed by atoms with E-state index < -0.39 is 5.60 Å². The number of hydrogen-bond acceptors (Lipinski definition) is 4. The second-order valence-electron chi connectivity index (χ2n) is 8.51. The fourth-order valence-electron chi connectivity index (χ4n) is 3.91. The number of halogens is 1. The fraction of sp³-hybridized carbons (Fsp3) is 0.522. The van der Waals surface area contributed by atoms with E-state index in [4.69, 9.17) is 9.41 Å². The Hall–Kier alpha value is -1.58. The van der Waals surface area contributed by atoms with E-state index >= 15 is 0 Å². The lowest BCUT2D eigenvalue weighted by atomic mass is 9.88. The van der Waals surface area contributed by atoms with Crippen molar-refractivity contribution in [3.63, 3.8) is 0 Å². The molecule has 3 rings (SSSR count). The van der Waals surface area contributed by atoms with Gasteiger partial charge in [0.05, 0.1) is 18.4 Å². The van der Waals surface area contributed by atoms with Crippen LogP contribution in [-0.2, 0) is 19.3 Å². The smallest absolute Gasteiger partial charge is 0.191 e. The molecule has 1 heterocycles. The number of aliphatic imine (C=N–C) groups is 1. The molecule has 1 aromatic heterocycles. The maximum atomic E-state index is 10.6. The van der Waals surface area contributed by atoms with Crippen molar-refractivity contribution in [2.75, 3.05) is 33.7 Å². The van der Waals surface area contributed by atoms with Gasteiger partial charge in [-0.25, -0.2) is 0 Å². The van der Waals surface area contributed by atoms with Crippen molar-refractivity contribution >= 4 is 29.9 Å². The molecule has 0 saturated heterocycles. The Kier molecular flexibility index (Phi) is 9.64. The minimum Gasteiger partial charge on any atom is -0.469 e. The SMILES string of the molecule is CN(C)CC(C)(O)CN=C(NCCc1ccco1)NC1CCc2ccccc2C1.I. The number of benzene rings is 1. The van der Waals surface area contributed by atoms with Crippen LogP contribution < -0.4 is 10.6 Å². The van der Waals surface area contributed by atoms with Gasteiger partial charge >= 0.3 is 0 Å². The third-order valence-corrected chi connectivity index (χ3v) is 5.17. The van der Waals surface area contributed by atoms with E-state index in [1.54, 1.807) is 6.26 Å². The van der Waals surface area contributed by atoms with Crippen LogP contribution in [0, 0.1) is 0 Å². The molecule has 166 valence electrons. The van der Waals surface area contributed by atoms with Crippen LogP contribution in [0.3, 0.4) is 0 Å². The molecule has 0 amide bonds. The Bertz CT molecular complexity index is 790. The van der Waals surface area contributed by atoms with Gasteiger partial charge in [0.1, 0.15) is 5.76 Å². The van der Waals surface area contributed by atoms with Gasteiger partial charge in [-0.1, -0.05) is 24.3 Å². The molecule has 0 bridgehead atoms. The Morgan fingerprint density at radius 3 is 2.70 bits per heavy atom. The molecule has 2 atom stereocenters. The highest BCUT2D eigenvalue weighted by molar-refractivity contribution is 14.0. The summed E-state index contributed by atoms with van der Waals surface area (Å²) in [5.74, 6) is 1.70. The van der Waals surface area contributed by atoms with E-state index in [1.165, 1.54) is 11.1 Å². The first-order chi connectivity index (χ1) is 13.9. The van der Waals surface area contributed by atoms with Crippen molar-refractivity contribution < 1.29 is 9.52 Å². The number of furan rings is 1. The average molecular weight is 526 g/mol. The Morgan fingerprint density at radius 1 is 1.23 bits per heavy atom. The van der Waals surface area contributed by atoms with Crippen molar-refractivity contribution in [1.29, 1.82) is 0 Å². The van der Waals surface area contributed by atoms with Crippen LogP contribution in [0.15, 0.2) is 52.1 Å². The average Bonchev–Trinajstić information content (AvgIpc) is 3.18. The molecule has 1 aromatic carbocycles. The molecule has 30 heavy (non-hydrogen) atoms. The molecule has 0 spiro atoms. The third-order valence-electron chi connectivity index (χ3n) is 5.17. The van der Waals surface area contributed by atoms with Gasteiger partial charge in [-0.15, -0.1) is 24.0 Å². The van der Waals surface area contributed by atoms with Gasteiger partial charge in [0.2, 0.25) is 0 Å². The van der Waals surface area contributed by atoms with Gasteiger partial charge in [0.15, 0.2) is 5.96 Å². The number of aliphatic hydroxyl groups is 1. The van der Waals surface area contributed by atoms with Crippen LogP contribution in [0.25, 0.3) is 0 Å². The first kappa shape index (κ1) is 24.7. The minimum absolute atomic E-state index is 0. The number of hydrogen-bond donors (Lipinski definition) is 3. The van der Waals surface area contributed by atoms with Gasteiger partial charge in [-0.05, 0) is 63.5 Å². The van der Waals surface area contributed by atoms with Gasteiger partial charge < -0.3 is 25.1 Å². The van der Waals surface area contributed by atoms with Crippen molar-refractivity contribution in [3.05, 3.63) is 59.5 Å². The van der Waals surface area contributed by atoms with Crippen LogP contribution in [0.4, 0.5) is 0 Å². The largest absolute Gasteiger partial charge is 0.469 e. The lowest BCUT2D eigenvalue weighted by Gasteiger charge is -2.28. The molecule has 0 fully saturated rings. The summed E-state index contributed by atoms with van der Waals surface area (Å²) >= 11 is 0. The van der Waals surface area contributed by atoms with Crippen LogP contribution in [0.5, 0.6) is 0 Å². The molecule has 6 nitrogen and oxygen atoms in total. The topological polar surface area (TPSA) is 73.0 Å². The van der Waals surface area contributed by atoms with Gasteiger partial charge in [0.25, 0.3) is 0 Å².